The second-order valence-corrected chi connectivity index (χ2v) is 7.34. The normalized spacial score (nSPS) is 16.3. The molecule has 1 saturated heterocycles. The highest BCUT2D eigenvalue weighted by molar-refractivity contribution is 6.03. The topological polar surface area (TPSA) is 67.4 Å². The number of carbonyl (C=O) groups excluding carboxylic acids is 1. The molecule has 1 aromatic heterocycles. The van der Waals surface area contributed by atoms with Crippen LogP contribution in [-0.2, 0) is 0 Å². The molecule has 1 unspecified atom stereocenters. The summed E-state index contributed by atoms with van der Waals surface area (Å²) in [4.78, 5) is 14.9. The Morgan fingerprint density at radius 2 is 1.83 bits per heavy atom. The number of amides is 1. The van der Waals surface area contributed by atoms with E-state index in [4.69, 9.17) is 4.74 Å². The quantitative estimate of drug-likeness (QED) is 0.683. The Labute approximate surface area is 170 Å². The first-order valence-electron chi connectivity index (χ1n) is 9.91. The van der Waals surface area contributed by atoms with Gasteiger partial charge in [0.25, 0.3) is 5.91 Å². The molecule has 1 fully saturated rings. The van der Waals surface area contributed by atoms with Crippen molar-refractivity contribution in [3.63, 3.8) is 0 Å². The molecule has 29 heavy (non-hydrogen) atoms. The number of para-hydroxylation sites is 3. The molecule has 148 valence electrons. The first kappa shape index (κ1) is 18.9. The van der Waals surface area contributed by atoms with Crippen molar-refractivity contribution < 1.29 is 9.53 Å². The average molecular weight is 388 g/mol. The maximum Gasteiger partial charge on any atom is 0.276 e. The minimum atomic E-state index is -0.319. The average Bonchev–Trinajstić information content (AvgIpc) is 2.76. The summed E-state index contributed by atoms with van der Waals surface area (Å²) in [6, 6.07) is 20.4. The van der Waals surface area contributed by atoms with Gasteiger partial charge in [-0.2, -0.15) is 0 Å². The highest BCUT2D eigenvalue weighted by atomic mass is 16.5. The molecule has 1 atom stereocenters. The van der Waals surface area contributed by atoms with Gasteiger partial charge in [0.15, 0.2) is 17.3 Å². The molecule has 0 radical (unpaired) electrons. The van der Waals surface area contributed by atoms with E-state index < -0.39 is 0 Å². The number of anilines is 2. The molecule has 3 aromatic rings. The number of hydrogen-bond acceptors (Lipinski definition) is 5. The first-order valence-corrected chi connectivity index (χ1v) is 9.91. The zero-order valence-corrected chi connectivity index (χ0v) is 16.4. The Hall–Kier alpha value is -3.41. The number of nitrogens with zero attached hydrogens (tertiary/aromatic N) is 3. The number of hydrogen-bond donors (Lipinski definition) is 1. The van der Waals surface area contributed by atoms with Crippen LogP contribution in [0.5, 0.6) is 11.5 Å². The molecule has 1 aliphatic rings. The molecule has 2 aromatic carbocycles. The smallest absolute Gasteiger partial charge is 0.276 e. The van der Waals surface area contributed by atoms with Crippen LogP contribution in [0, 0.1) is 5.92 Å². The van der Waals surface area contributed by atoms with Crippen molar-refractivity contribution in [3.8, 4) is 11.5 Å². The summed E-state index contributed by atoms with van der Waals surface area (Å²) >= 11 is 0. The Morgan fingerprint density at radius 3 is 2.59 bits per heavy atom. The summed E-state index contributed by atoms with van der Waals surface area (Å²) in [6.45, 7) is 4.20. The van der Waals surface area contributed by atoms with Crippen molar-refractivity contribution in [2.45, 2.75) is 19.8 Å². The zero-order valence-electron chi connectivity index (χ0n) is 16.4. The van der Waals surface area contributed by atoms with E-state index in [1.54, 1.807) is 12.1 Å². The van der Waals surface area contributed by atoms with Crippen molar-refractivity contribution in [1.29, 1.82) is 0 Å². The van der Waals surface area contributed by atoms with Gasteiger partial charge in [0.2, 0.25) is 0 Å². The molecule has 4 rings (SSSR count). The first-order chi connectivity index (χ1) is 14.2. The monoisotopic (exact) mass is 388 g/mol. The van der Waals surface area contributed by atoms with Crippen molar-refractivity contribution in [2.24, 2.45) is 5.92 Å². The molecule has 2 heterocycles. The fraction of sp³-hybridized carbons (Fsp3) is 0.261. The molecule has 6 heteroatoms. The summed E-state index contributed by atoms with van der Waals surface area (Å²) in [5.41, 5.74) is 0.852. The summed E-state index contributed by atoms with van der Waals surface area (Å²) < 4.78 is 5.90. The largest absolute Gasteiger partial charge is 0.455 e. The molecule has 1 aliphatic heterocycles. The van der Waals surface area contributed by atoms with Gasteiger partial charge in [-0.05, 0) is 55.2 Å². The fourth-order valence-corrected chi connectivity index (χ4v) is 3.47. The lowest BCUT2D eigenvalue weighted by atomic mass is 10.0. The fourth-order valence-electron chi connectivity index (χ4n) is 3.47. The Balaban J connectivity index is 1.46. The summed E-state index contributed by atoms with van der Waals surface area (Å²) in [5.74, 6) is 2.42. The maximum atomic E-state index is 12.7. The van der Waals surface area contributed by atoms with Gasteiger partial charge in [0.05, 0.1) is 5.69 Å². The molecular formula is C23H24N4O2. The predicted molar refractivity (Wildman–Crippen MR) is 114 cm³/mol. The van der Waals surface area contributed by atoms with E-state index >= 15 is 0 Å². The van der Waals surface area contributed by atoms with Crippen molar-refractivity contribution >= 4 is 17.4 Å². The van der Waals surface area contributed by atoms with Gasteiger partial charge in [-0.25, -0.2) is 0 Å². The molecule has 0 aliphatic carbocycles. The number of piperidine rings is 1. The third kappa shape index (κ3) is 4.71. The summed E-state index contributed by atoms with van der Waals surface area (Å²) in [7, 11) is 0. The van der Waals surface area contributed by atoms with Gasteiger partial charge in [-0.3, -0.25) is 4.79 Å². The van der Waals surface area contributed by atoms with Crippen LogP contribution in [0.1, 0.15) is 30.3 Å². The molecule has 1 N–H and O–H groups in total. The van der Waals surface area contributed by atoms with Crippen molar-refractivity contribution in [3.05, 3.63) is 72.4 Å². The SMILES string of the molecule is CC1CCCN(c2ccc(C(=O)Nc3ccccc3Oc3ccccc3)nn2)C1. The van der Waals surface area contributed by atoms with Gasteiger partial charge in [-0.1, -0.05) is 37.3 Å². The Kier molecular flexibility index (Phi) is 5.70. The second kappa shape index (κ2) is 8.73. The van der Waals surface area contributed by atoms with Crippen LogP contribution < -0.4 is 15.0 Å². The lowest BCUT2D eigenvalue weighted by Gasteiger charge is -2.31. The Morgan fingerprint density at radius 1 is 1.03 bits per heavy atom. The third-order valence-electron chi connectivity index (χ3n) is 4.97. The zero-order chi connectivity index (χ0) is 20.1. The van der Waals surface area contributed by atoms with Crippen LogP contribution in [-0.4, -0.2) is 29.2 Å². The van der Waals surface area contributed by atoms with E-state index in [0.717, 1.165) is 25.3 Å². The van der Waals surface area contributed by atoms with Gasteiger partial charge < -0.3 is 15.0 Å². The van der Waals surface area contributed by atoms with E-state index in [2.05, 4.69) is 27.3 Å². The Bertz CT molecular complexity index is 960. The van der Waals surface area contributed by atoms with Crippen LogP contribution in [0.2, 0.25) is 0 Å². The van der Waals surface area contributed by atoms with Crippen LogP contribution in [0.15, 0.2) is 66.7 Å². The van der Waals surface area contributed by atoms with E-state index in [-0.39, 0.29) is 11.6 Å². The lowest BCUT2D eigenvalue weighted by molar-refractivity contribution is 0.102. The van der Waals surface area contributed by atoms with Crippen molar-refractivity contribution in [2.75, 3.05) is 23.3 Å². The number of benzene rings is 2. The van der Waals surface area contributed by atoms with E-state index in [1.807, 2.05) is 54.6 Å². The molecule has 1 amide bonds. The van der Waals surface area contributed by atoms with Crippen LogP contribution in [0.25, 0.3) is 0 Å². The molecule has 6 nitrogen and oxygen atoms in total. The molecule has 0 saturated carbocycles. The second-order valence-electron chi connectivity index (χ2n) is 7.34. The summed E-state index contributed by atoms with van der Waals surface area (Å²) in [6.07, 6.45) is 2.40. The number of nitrogens with one attached hydrogen (secondary N) is 1. The number of rotatable bonds is 5. The van der Waals surface area contributed by atoms with Crippen LogP contribution >= 0.6 is 0 Å². The van der Waals surface area contributed by atoms with Crippen molar-refractivity contribution in [1.82, 2.24) is 10.2 Å². The standard InChI is InChI=1S/C23H24N4O2/c1-17-8-7-15-27(16-17)22-14-13-20(25-26-22)23(28)24-19-11-5-6-12-21(19)29-18-9-3-2-4-10-18/h2-6,9-14,17H,7-8,15-16H2,1H3,(H,24,28). The van der Waals surface area contributed by atoms with Gasteiger partial charge in [0.1, 0.15) is 5.75 Å². The molecular weight excluding hydrogens is 364 g/mol. The number of ether oxygens (including phenoxy) is 1. The highest BCUT2D eigenvalue weighted by Gasteiger charge is 2.19. The van der Waals surface area contributed by atoms with Gasteiger partial charge in [-0.15, -0.1) is 10.2 Å². The van der Waals surface area contributed by atoms with E-state index in [0.29, 0.717) is 23.1 Å². The van der Waals surface area contributed by atoms with E-state index in [9.17, 15) is 4.79 Å². The number of aromatic nitrogens is 2. The summed E-state index contributed by atoms with van der Waals surface area (Å²) in [5, 5.41) is 11.3. The van der Waals surface area contributed by atoms with Crippen LogP contribution in [0.3, 0.4) is 0 Å². The van der Waals surface area contributed by atoms with Gasteiger partial charge >= 0.3 is 0 Å². The number of carbonyl (C=O) groups is 1. The molecule has 0 bridgehead atoms. The minimum Gasteiger partial charge on any atom is -0.455 e. The van der Waals surface area contributed by atoms with E-state index in [1.165, 1.54) is 6.42 Å². The highest BCUT2D eigenvalue weighted by Crippen LogP contribution is 2.29. The third-order valence-corrected chi connectivity index (χ3v) is 4.97. The minimum absolute atomic E-state index is 0.272. The van der Waals surface area contributed by atoms with Gasteiger partial charge in [0, 0.05) is 13.1 Å². The predicted octanol–water partition coefficient (Wildman–Crippen LogP) is 4.76. The molecule has 0 spiro atoms. The lowest BCUT2D eigenvalue weighted by Crippen LogP contribution is -2.35. The van der Waals surface area contributed by atoms with Crippen LogP contribution in [0.4, 0.5) is 11.5 Å². The maximum absolute atomic E-state index is 12.7.